The molecule has 2 heterocycles. The molecule has 0 spiro atoms. The molecule has 3 rings (SSSR count). The maximum absolute atomic E-state index is 12.2. The van der Waals surface area contributed by atoms with E-state index in [1.165, 1.54) is 0 Å². The van der Waals surface area contributed by atoms with E-state index >= 15 is 0 Å². The largest absolute Gasteiger partial charge is 0.354 e. The summed E-state index contributed by atoms with van der Waals surface area (Å²) in [6, 6.07) is 6.51. The molecule has 1 aromatic carbocycles. The Kier molecular flexibility index (Phi) is 6.01. The van der Waals surface area contributed by atoms with E-state index in [0.29, 0.717) is 16.2 Å². The van der Waals surface area contributed by atoms with Crippen LogP contribution in [0.2, 0.25) is 0 Å². The van der Waals surface area contributed by atoms with Crippen molar-refractivity contribution in [2.75, 3.05) is 13.1 Å². The van der Waals surface area contributed by atoms with Crippen molar-refractivity contribution >= 4 is 35.5 Å². The highest BCUT2D eigenvalue weighted by Crippen LogP contribution is 2.21. The number of hydrogen-bond acceptors (Lipinski definition) is 7. The number of carbonyl (C=O) groups excluding carboxylic acids is 6. The molecule has 29 heavy (non-hydrogen) atoms. The molecular formula is C19H19N3O7. The van der Waals surface area contributed by atoms with Crippen molar-refractivity contribution in [3.8, 4) is 0 Å². The summed E-state index contributed by atoms with van der Waals surface area (Å²) in [4.78, 5) is 76.4. The Morgan fingerprint density at radius 1 is 0.931 bits per heavy atom. The number of rotatable bonds is 8. The molecule has 0 unspecified atom stereocenters. The lowest BCUT2D eigenvalue weighted by Crippen LogP contribution is -2.38. The van der Waals surface area contributed by atoms with Gasteiger partial charge in [0.2, 0.25) is 5.91 Å². The smallest absolute Gasteiger partial charge is 0.333 e. The molecular weight excluding hydrogens is 382 g/mol. The molecule has 0 atom stereocenters. The van der Waals surface area contributed by atoms with Gasteiger partial charge in [-0.05, 0) is 18.6 Å². The highest BCUT2D eigenvalue weighted by molar-refractivity contribution is 6.21. The molecule has 0 aliphatic carbocycles. The average Bonchev–Trinajstić information content (AvgIpc) is 3.14. The minimum absolute atomic E-state index is 0.0130. The van der Waals surface area contributed by atoms with Gasteiger partial charge in [-0.1, -0.05) is 12.1 Å². The lowest BCUT2D eigenvalue weighted by molar-refractivity contribution is -0.197. The summed E-state index contributed by atoms with van der Waals surface area (Å²) in [6.07, 6.45) is 0.0686. The monoisotopic (exact) mass is 401 g/mol. The maximum atomic E-state index is 12.2. The van der Waals surface area contributed by atoms with Gasteiger partial charge in [0.05, 0.1) is 11.1 Å². The van der Waals surface area contributed by atoms with Gasteiger partial charge in [-0.25, -0.2) is 4.79 Å². The number of nitrogens with zero attached hydrogens (tertiary/aromatic N) is 2. The Morgan fingerprint density at radius 2 is 1.52 bits per heavy atom. The number of hydrogen-bond donors (Lipinski definition) is 1. The average molecular weight is 401 g/mol. The standard InChI is InChI=1S/C19H19N3O7/c23-14(6-3-7-17(26)29-22-15(24)8-9-16(22)25)20-10-11-21-18(27)12-4-1-2-5-13(12)19(21)28/h1-2,4-5H,3,6-11H2,(H,20,23). The first-order valence-electron chi connectivity index (χ1n) is 9.17. The molecule has 1 fully saturated rings. The summed E-state index contributed by atoms with van der Waals surface area (Å²) in [7, 11) is 0. The summed E-state index contributed by atoms with van der Waals surface area (Å²) in [5.74, 6) is -3.04. The van der Waals surface area contributed by atoms with Crippen LogP contribution < -0.4 is 5.32 Å². The van der Waals surface area contributed by atoms with E-state index in [1.54, 1.807) is 24.3 Å². The number of amides is 5. The van der Waals surface area contributed by atoms with Crippen molar-refractivity contribution in [2.24, 2.45) is 0 Å². The fraction of sp³-hybridized carbons (Fsp3) is 0.368. The van der Waals surface area contributed by atoms with Crippen LogP contribution in [0, 0.1) is 0 Å². The van der Waals surface area contributed by atoms with Crippen LogP contribution in [0.1, 0.15) is 52.8 Å². The lowest BCUT2D eigenvalue weighted by atomic mass is 10.1. The molecule has 2 aliphatic rings. The highest BCUT2D eigenvalue weighted by Gasteiger charge is 2.35. The molecule has 2 aliphatic heterocycles. The van der Waals surface area contributed by atoms with Gasteiger partial charge in [0.25, 0.3) is 23.6 Å². The third kappa shape index (κ3) is 4.48. The Balaban J connectivity index is 1.34. The van der Waals surface area contributed by atoms with Crippen molar-refractivity contribution in [3.63, 3.8) is 0 Å². The quantitative estimate of drug-likeness (QED) is 0.615. The van der Waals surface area contributed by atoms with E-state index in [9.17, 15) is 28.8 Å². The normalized spacial score (nSPS) is 15.7. The zero-order valence-corrected chi connectivity index (χ0v) is 15.5. The van der Waals surface area contributed by atoms with Crippen molar-refractivity contribution < 1.29 is 33.6 Å². The van der Waals surface area contributed by atoms with Crippen LogP contribution in [-0.4, -0.2) is 58.6 Å². The topological polar surface area (TPSA) is 130 Å². The number of carbonyl (C=O) groups is 6. The first kappa shape index (κ1) is 20.2. The van der Waals surface area contributed by atoms with Crippen molar-refractivity contribution in [1.82, 2.24) is 15.3 Å². The fourth-order valence-electron chi connectivity index (χ4n) is 3.04. The van der Waals surface area contributed by atoms with Gasteiger partial charge < -0.3 is 10.2 Å². The molecule has 10 heteroatoms. The van der Waals surface area contributed by atoms with Crippen LogP contribution in [-0.2, 0) is 24.0 Å². The number of hydroxylamine groups is 2. The van der Waals surface area contributed by atoms with Crippen molar-refractivity contribution in [2.45, 2.75) is 32.1 Å². The van der Waals surface area contributed by atoms with E-state index in [0.717, 1.165) is 4.90 Å². The van der Waals surface area contributed by atoms with Crippen molar-refractivity contribution in [3.05, 3.63) is 35.4 Å². The second kappa shape index (κ2) is 8.63. The molecule has 1 saturated heterocycles. The van der Waals surface area contributed by atoms with Crippen LogP contribution in [0.25, 0.3) is 0 Å². The van der Waals surface area contributed by atoms with Gasteiger partial charge in [-0.3, -0.25) is 28.9 Å². The lowest BCUT2D eigenvalue weighted by Gasteiger charge is -2.14. The predicted molar refractivity (Wildman–Crippen MR) is 95.8 cm³/mol. The second-order valence-electron chi connectivity index (χ2n) is 6.56. The second-order valence-corrected chi connectivity index (χ2v) is 6.56. The Morgan fingerprint density at radius 3 is 2.10 bits per heavy atom. The van der Waals surface area contributed by atoms with Crippen LogP contribution in [0.5, 0.6) is 0 Å². The van der Waals surface area contributed by atoms with E-state index in [-0.39, 0.29) is 51.1 Å². The van der Waals surface area contributed by atoms with E-state index < -0.39 is 29.6 Å². The van der Waals surface area contributed by atoms with Gasteiger partial charge >= 0.3 is 5.97 Å². The molecule has 0 saturated carbocycles. The molecule has 1 aromatic rings. The van der Waals surface area contributed by atoms with E-state index in [4.69, 9.17) is 4.84 Å². The third-order valence-electron chi connectivity index (χ3n) is 4.52. The maximum Gasteiger partial charge on any atom is 0.333 e. The van der Waals surface area contributed by atoms with Crippen LogP contribution >= 0.6 is 0 Å². The van der Waals surface area contributed by atoms with Crippen molar-refractivity contribution in [1.29, 1.82) is 0 Å². The van der Waals surface area contributed by atoms with Crippen LogP contribution in [0.3, 0.4) is 0 Å². The fourth-order valence-corrected chi connectivity index (χ4v) is 3.04. The summed E-state index contributed by atoms with van der Waals surface area (Å²) in [5.41, 5.74) is 0.689. The van der Waals surface area contributed by atoms with Gasteiger partial charge in [0, 0.05) is 38.8 Å². The SMILES string of the molecule is O=C(CCCC(=O)ON1C(=O)CCC1=O)NCCN1C(=O)c2ccccc2C1=O. The highest BCUT2D eigenvalue weighted by atomic mass is 16.7. The number of nitrogens with one attached hydrogen (secondary N) is 1. The minimum Gasteiger partial charge on any atom is -0.354 e. The Hall–Kier alpha value is -3.56. The summed E-state index contributed by atoms with van der Waals surface area (Å²) < 4.78 is 0. The number of benzene rings is 1. The zero-order chi connectivity index (χ0) is 21.0. The van der Waals surface area contributed by atoms with E-state index in [2.05, 4.69) is 5.32 Å². The Labute approximate surface area is 165 Å². The predicted octanol–water partition coefficient (Wildman–Crippen LogP) is 0.176. The zero-order valence-electron chi connectivity index (χ0n) is 15.5. The third-order valence-corrected chi connectivity index (χ3v) is 4.52. The first-order valence-corrected chi connectivity index (χ1v) is 9.17. The Bertz CT molecular complexity index is 845. The summed E-state index contributed by atoms with van der Waals surface area (Å²) in [6.45, 7) is 0.130. The molecule has 0 aromatic heterocycles. The van der Waals surface area contributed by atoms with Crippen LogP contribution in [0.4, 0.5) is 0 Å². The molecule has 0 bridgehead atoms. The van der Waals surface area contributed by atoms with Gasteiger partial charge in [-0.15, -0.1) is 5.06 Å². The first-order chi connectivity index (χ1) is 13.9. The summed E-state index contributed by atoms with van der Waals surface area (Å²) >= 11 is 0. The molecule has 0 radical (unpaired) electrons. The van der Waals surface area contributed by atoms with Crippen LogP contribution in [0.15, 0.2) is 24.3 Å². The molecule has 1 N–H and O–H groups in total. The molecule has 10 nitrogen and oxygen atoms in total. The van der Waals surface area contributed by atoms with E-state index in [1.807, 2.05) is 0 Å². The van der Waals surface area contributed by atoms with Gasteiger partial charge in [-0.2, -0.15) is 0 Å². The summed E-state index contributed by atoms with van der Waals surface area (Å²) in [5, 5.41) is 3.05. The molecule has 5 amide bonds. The minimum atomic E-state index is -0.771. The van der Waals surface area contributed by atoms with Gasteiger partial charge in [0.15, 0.2) is 0 Å². The number of imide groups is 2. The number of fused-ring (bicyclic) bond motifs is 1. The van der Waals surface area contributed by atoms with Gasteiger partial charge in [0.1, 0.15) is 0 Å². The molecule has 152 valence electrons.